The number of nitrogens with one attached hydrogen (secondary N) is 1. The summed E-state index contributed by atoms with van der Waals surface area (Å²) in [7, 11) is 0. The van der Waals surface area contributed by atoms with Crippen LogP contribution in [0.15, 0.2) is 53.3 Å². The first-order valence-electron chi connectivity index (χ1n) is 7.22. The highest BCUT2D eigenvalue weighted by Crippen LogP contribution is 2.32. The molecule has 0 bridgehead atoms. The van der Waals surface area contributed by atoms with Gasteiger partial charge in [0.25, 0.3) is 5.56 Å². The van der Waals surface area contributed by atoms with Crippen molar-refractivity contribution in [2.24, 2.45) is 0 Å². The summed E-state index contributed by atoms with van der Waals surface area (Å²) in [5, 5.41) is 6.74. The van der Waals surface area contributed by atoms with Crippen molar-refractivity contribution in [1.82, 2.24) is 14.6 Å². The van der Waals surface area contributed by atoms with Gasteiger partial charge in [0.15, 0.2) is 0 Å². The van der Waals surface area contributed by atoms with Crippen LogP contribution in [-0.4, -0.2) is 14.6 Å². The van der Waals surface area contributed by atoms with Gasteiger partial charge in [-0.2, -0.15) is 9.61 Å². The summed E-state index contributed by atoms with van der Waals surface area (Å²) in [4.78, 5) is 15.4. The maximum atomic E-state index is 12.1. The highest BCUT2D eigenvalue weighted by molar-refractivity contribution is 6.00. The van der Waals surface area contributed by atoms with Crippen LogP contribution in [0.3, 0.4) is 0 Å². The fourth-order valence-corrected chi connectivity index (χ4v) is 3.04. The van der Waals surface area contributed by atoms with Gasteiger partial charge in [-0.1, -0.05) is 42.5 Å². The second-order valence-corrected chi connectivity index (χ2v) is 5.54. The second-order valence-electron chi connectivity index (χ2n) is 5.54. The Kier molecular flexibility index (Phi) is 2.66. The molecule has 22 heavy (non-hydrogen) atoms. The lowest BCUT2D eigenvalue weighted by Crippen LogP contribution is -2.14. The SMILES string of the molecule is Cc1cc(=O)n2nc(C)c(-c3cccc4ccccc34)c2[nH]1. The highest BCUT2D eigenvalue weighted by atomic mass is 16.1. The molecule has 0 aliphatic heterocycles. The van der Waals surface area contributed by atoms with Gasteiger partial charge < -0.3 is 4.98 Å². The molecule has 0 aliphatic carbocycles. The second kappa shape index (κ2) is 4.56. The van der Waals surface area contributed by atoms with E-state index in [9.17, 15) is 4.79 Å². The van der Waals surface area contributed by atoms with Crippen LogP contribution in [-0.2, 0) is 0 Å². The number of nitrogens with zero attached hydrogens (tertiary/aromatic N) is 2. The molecule has 108 valence electrons. The monoisotopic (exact) mass is 289 g/mol. The molecule has 0 atom stereocenters. The van der Waals surface area contributed by atoms with Crippen molar-refractivity contribution >= 4 is 16.4 Å². The van der Waals surface area contributed by atoms with E-state index in [-0.39, 0.29) is 5.56 Å². The van der Waals surface area contributed by atoms with E-state index in [0.717, 1.165) is 33.5 Å². The van der Waals surface area contributed by atoms with E-state index >= 15 is 0 Å². The molecule has 0 aliphatic rings. The van der Waals surface area contributed by atoms with Crippen LogP contribution in [0.25, 0.3) is 27.5 Å². The molecular formula is C18H15N3O. The Balaban J connectivity index is 2.17. The number of fused-ring (bicyclic) bond motifs is 2. The van der Waals surface area contributed by atoms with E-state index in [1.54, 1.807) is 6.07 Å². The Hall–Kier alpha value is -2.88. The Labute approximate surface area is 127 Å². The van der Waals surface area contributed by atoms with E-state index in [1.165, 1.54) is 9.90 Å². The van der Waals surface area contributed by atoms with E-state index in [1.807, 2.05) is 32.0 Å². The van der Waals surface area contributed by atoms with Gasteiger partial charge >= 0.3 is 0 Å². The van der Waals surface area contributed by atoms with Crippen molar-refractivity contribution in [3.8, 4) is 11.1 Å². The zero-order chi connectivity index (χ0) is 15.3. The maximum absolute atomic E-state index is 12.1. The smallest absolute Gasteiger partial charge is 0.274 e. The lowest BCUT2D eigenvalue weighted by molar-refractivity contribution is 0.873. The molecule has 0 saturated carbocycles. The number of hydrogen-bond acceptors (Lipinski definition) is 2. The van der Waals surface area contributed by atoms with Gasteiger partial charge in [-0.05, 0) is 30.2 Å². The third-order valence-corrected chi connectivity index (χ3v) is 3.98. The van der Waals surface area contributed by atoms with Gasteiger partial charge in [0.05, 0.1) is 5.69 Å². The zero-order valence-corrected chi connectivity index (χ0v) is 12.4. The number of aromatic amines is 1. The Morgan fingerprint density at radius 2 is 1.82 bits per heavy atom. The van der Waals surface area contributed by atoms with Crippen molar-refractivity contribution < 1.29 is 0 Å². The molecule has 0 radical (unpaired) electrons. The third-order valence-electron chi connectivity index (χ3n) is 3.98. The summed E-state index contributed by atoms with van der Waals surface area (Å²) in [6, 6.07) is 16.0. The van der Waals surface area contributed by atoms with Gasteiger partial charge in [-0.3, -0.25) is 4.79 Å². The van der Waals surface area contributed by atoms with Crippen molar-refractivity contribution in [3.63, 3.8) is 0 Å². The first-order chi connectivity index (χ1) is 10.6. The molecule has 4 rings (SSSR count). The number of H-pyrrole nitrogens is 1. The summed E-state index contributed by atoms with van der Waals surface area (Å²) in [5.41, 5.74) is 4.39. The van der Waals surface area contributed by atoms with E-state index in [4.69, 9.17) is 0 Å². The predicted molar refractivity (Wildman–Crippen MR) is 88.2 cm³/mol. The summed E-state index contributed by atoms with van der Waals surface area (Å²) in [6.45, 7) is 3.82. The van der Waals surface area contributed by atoms with Crippen LogP contribution in [0.1, 0.15) is 11.4 Å². The Bertz CT molecular complexity index is 1070. The van der Waals surface area contributed by atoms with Gasteiger partial charge in [0.2, 0.25) is 0 Å². The third kappa shape index (κ3) is 1.77. The average Bonchev–Trinajstić information content (AvgIpc) is 2.83. The standard InChI is InChI=1S/C18H15N3O/c1-11-10-16(22)21-18(19-11)17(12(2)20-21)15-9-5-7-13-6-3-4-8-14(13)15/h3-10,19H,1-2H3. The van der Waals surface area contributed by atoms with Crippen molar-refractivity contribution in [1.29, 1.82) is 0 Å². The largest absolute Gasteiger partial charge is 0.343 e. The van der Waals surface area contributed by atoms with Gasteiger partial charge in [-0.15, -0.1) is 0 Å². The maximum Gasteiger partial charge on any atom is 0.274 e. The van der Waals surface area contributed by atoms with Crippen molar-refractivity contribution in [3.05, 3.63) is 70.3 Å². The molecule has 4 nitrogen and oxygen atoms in total. The van der Waals surface area contributed by atoms with Crippen LogP contribution >= 0.6 is 0 Å². The minimum atomic E-state index is -0.110. The first-order valence-corrected chi connectivity index (χ1v) is 7.22. The molecule has 0 fully saturated rings. The quantitative estimate of drug-likeness (QED) is 0.583. The van der Waals surface area contributed by atoms with Gasteiger partial charge in [-0.25, -0.2) is 0 Å². The lowest BCUT2D eigenvalue weighted by Gasteiger charge is -2.06. The fraction of sp³-hybridized carbons (Fsp3) is 0.111. The number of aryl methyl sites for hydroxylation is 2. The van der Waals surface area contributed by atoms with Gasteiger partial charge in [0, 0.05) is 17.3 Å². The highest BCUT2D eigenvalue weighted by Gasteiger charge is 2.16. The van der Waals surface area contributed by atoms with Crippen LogP contribution in [0, 0.1) is 13.8 Å². The summed E-state index contributed by atoms with van der Waals surface area (Å²) in [5.74, 6) is 0. The normalized spacial score (nSPS) is 11.4. The topological polar surface area (TPSA) is 50.2 Å². The Morgan fingerprint density at radius 1 is 1.05 bits per heavy atom. The van der Waals surface area contributed by atoms with E-state index < -0.39 is 0 Å². The minimum Gasteiger partial charge on any atom is -0.343 e. The van der Waals surface area contributed by atoms with Crippen LogP contribution in [0.4, 0.5) is 0 Å². The Morgan fingerprint density at radius 3 is 2.68 bits per heavy atom. The molecule has 2 heterocycles. The summed E-state index contributed by atoms with van der Waals surface area (Å²) < 4.78 is 1.44. The molecule has 0 amide bonds. The van der Waals surface area contributed by atoms with Crippen molar-refractivity contribution in [2.75, 3.05) is 0 Å². The van der Waals surface area contributed by atoms with Crippen LogP contribution < -0.4 is 5.56 Å². The van der Waals surface area contributed by atoms with Gasteiger partial charge in [0.1, 0.15) is 5.65 Å². The molecule has 2 aromatic carbocycles. The molecule has 1 N–H and O–H groups in total. The molecule has 4 aromatic rings. The summed E-state index contributed by atoms with van der Waals surface area (Å²) >= 11 is 0. The van der Waals surface area contributed by atoms with Crippen molar-refractivity contribution in [2.45, 2.75) is 13.8 Å². The van der Waals surface area contributed by atoms with E-state index in [0.29, 0.717) is 0 Å². The molecule has 0 spiro atoms. The molecule has 0 unspecified atom stereocenters. The molecule has 4 heteroatoms. The fourth-order valence-electron chi connectivity index (χ4n) is 3.04. The predicted octanol–water partition coefficient (Wildman–Crippen LogP) is 3.46. The zero-order valence-electron chi connectivity index (χ0n) is 12.4. The summed E-state index contributed by atoms with van der Waals surface area (Å²) in [6.07, 6.45) is 0. The number of rotatable bonds is 1. The molecule has 0 saturated heterocycles. The average molecular weight is 289 g/mol. The number of hydrogen-bond donors (Lipinski definition) is 1. The minimum absolute atomic E-state index is 0.110. The molecule has 2 aromatic heterocycles. The van der Waals surface area contributed by atoms with Crippen LogP contribution in [0.5, 0.6) is 0 Å². The molecular weight excluding hydrogens is 274 g/mol. The number of benzene rings is 2. The number of aromatic nitrogens is 3. The first kappa shape index (κ1) is 12.8. The van der Waals surface area contributed by atoms with Crippen LogP contribution in [0.2, 0.25) is 0 Å². The lowest BCUT2D eigenvalue weighted by atomic mass is 9.98. The van der Waals surface area contributed by atoms with E-state index in [2.05, 4.69) is 34.3 Å².